The van der Waals surface area contributed by atoms with Crippen molar-refractivity contribution in [2.75, 3.05) is 19.6 Å². The van der Waals surface area contributed by atoms with Crippen molar-refractivity contribution in [2.24, 2.45) is 5.92 Å². The van der Waals surface area contributed by atoms with Gasteiger partial charge in [-0.05, 0) is 26.2 Å². The van der Waals surface area contributed by atoms with Crippen LogP contribution in [0.1, 0.15) is 34.1 Å². The monoisotopic (exact) mass is 327 g/mol. The first-order chi connectivity index (χ1) is 8.78. The standard InChI is InChI=1S/C14H22BrN3O/c1-10(2)14(4,9-16)17-13(19)8-18-6-5-11(3)12(15)7-18/h10H,5-8H2,1-4H3,(H,17,19)/t14-/m1/s1. The number of halogens is 1. The summed E-state index contributed by atoms with van der Waals surface area (Å²) < 4.78 is 1.17. The summed E-state index contributed by atoms with van der Waals surface area (Å²) >= 11 is 3.54. The SMILES string of the molecule is CC1=C(Br)CN(CC(=O)N[C@](C)(C#N)C(C)C)CC1. The first kappa shape index (κ1) is 16.2. The molecule has 0 saturated carbocycles. The van der Waals surface area contributed by atoms with Gasteiger partial charge in [0.25, 0.3) is 0 Å². The molecule has 19 heavy (non-hydrogen) atoms. The first-order valence-corrected chi connectivity index (χ1v) is 7.36. The zero-order valence-corrected chi connectivity index (χ0v) is 13.7. The summed E-state index contributed by atoms with van der Waals surface area (Å²) in [4.78, 5) is 14.1. The van der Waals surface area contributed by atoms with Crippen LogP contribution in [-0.4, -0.2) is 36.0 Å². The van der Waals surface area contributed by atoms with Gasteiger partial charge in [0.2, 0.25) is 5.91 Å². The van der Waals surface area contributed by atoms with E-state index in [1.54, 1.807) is 6.92 Å². The number of nitriles is 1. The average molecular weight is 328 g/mol. The third-order valence-electron chi connectivity index (χ3n) is 3.78. The van der Waals surface area contributed by atoms with Crippen LogP contribution in [0.2, 0.25) is 0 Å². The van der Waals surface area contributed by atoms with Crippen LogP contribution in [0.5, 0.6) is 0 Å². The van der Waals surface area contributed by atoms with E-state index < -0.39 is 5.54 Å². The quantitative estimate of drug-likeness (QED) is 0.862. The summed E-state index contributed by atoms with van der Waals surface area (Å²) in [6.45, 7) is 9.74. The highest BCUT2D eigenvalue weighted by atomic mass is 79.9. The van der Waals surface area contributed by atoms with E-state index in [1.165, 1.54) is 10.1 Å². The molecule has 1 aliphatic rings. The van der Waals surface area contributed by atoms with E-state index >= 15 is 0 Å². The van der Waals surface area contributed by atoms with Crippen LogP contribution in [0.25, 0.3) is 0 Å². The van der Waals surface area contributed by atoms with Crippen LogP contribution in [0.3, 0.4) is 0 Å². The van der Waals surface area contributed by atoms with Gasteiger partial charge in [0.15, 0.2) is 0 Å². The number of hydrogen-bond acceptors (Lipinski definition) is 3. The molecule has 106 valence electrons. The molecule has 1 rings (SSSR count). The van der Waals surface area contributed by atoms with E-state index in [0.29, 0.717) is 6.54 Å². The Labute approximate surface area is 124 Å². The second-order valence-corrected chi connectivity index (χ2v) is 6.62. The van der Waals surface area contributed by atoms with Gasteiger partial charge in [-0.2, -0.15) is 5.26 Å². The minimum absolute atomic E-state index is 0.0803. The Morgan fingerprint density at radius 2 is 2.26 bits per heavy atom. The lowest BCUT2D eigenvalue weighted by atomic mass is 9.90. The maximum atomic E-state index is 12.0. The lowest BCUT2D eigenvalue weighted by Gasteiger charge is -2.31. The Kier molecular flexibility index (Phi) is 5.57. The molecule has 1 heterocycles. The van der Waals surface area contributed by atoms with Gasteiger partial charge < -0.3 is 5.32 Å². The molecule has 1 N–H and O–H groups in total. The number of rotatable bonds is 4. The van der Waals surface area contributed by atoms with Gasteiger partial charge >= 0.3 is 0 Å². The summed E-state index contributed by atoms with van der Waals surface area (Å²) in [5.74, 6) is -0.00529. The first-order valence-electron chi connectivity index (χ1n) is 6.57. The fourth-order valence-corrected chi connectivity index (χ4v) is 2.39. The second kappa shape index (κ2) is 6.53. The molecule has 0 fully saturated rings. The van der Waals surface area contributed by atoms with Gasteiger partial charge in [0.1, 0.15) is 5.54 Å². The van der Waals surface area contributed by atoms with Gasteiger partial charge in [-0.1, -0.05) is 35.4 Å². The molecule has 0 unspecified atom stereocenters. The zero-order valence-electron chi connectivity index (χ0n) is 12.1. The molecule has 0 spiro atoms. The molecule has 0 aromatic heterocycles. The molecular weight excluding hydrogens is 306 g/mol. The van der Waals surface area contributed by atoms with E-state index in [-0.39, 0.29) is 11.8 Å². The Morgan fingerprint density at radius 1 is 1.63 bits per heavy atom. The predicted molar refractivity (Wildman–Crippen MR) is 79.7 cm³/mol. The highest BCUT2D eigenvalue weighted by Crippen LogP contribution is 2.22. The van der Waals surface area contributed by atoms with Crippen molar-refractivity contribution in [2.45, 2.75) is 39.7 Å². The van der Waals surface area contributed by atoms with E-state index in [4.69, 9.17) is 0 Å². The van der Waals surface area contributed by atoms with E-state index in [9.17, 15) is 10.1 Å². The molecule has 4 nitrogen and oxygen atoms in total. The third-order valence-corrected chi connectivity index (χ3v) is 4.71. The van der Waals surface area contributed by atoms with Crippen molar-refractivity contribution < 1.29 is 4.79 Å². The smallest absolute Gasteiger partial charge is 0.235 e. The number of carbonyl (C=O) groups is 1. The van der Waals surface area contributed by atoms with Crippen molar-refractivity contribution in [3.63, 3.8) is 0 Å². The summed E-state index contributed by atoms with van der Waals surface area (Å²) in [5, 5.41) is 12.0. The van der Waals surface area contributed by atoms with Crippen molar-refractivity contribution in [1.29, 1.82) is 5.26 Å². The van der Waals surface area contributed by atoms with Gasteiger partial charge in [-0.15, -0.1) is 0 Å². The second-order valence-electron chi connectivity index (χ2n) is 5.66. The Balaban J connectivity index is 2.56. The largest absolute Gasteiger partial charge is 0.337 e. The summed E-state index contributed by atoms with van der Waals surface area (Å²) in [7, 11) is 0. The average Bonchev–Trinajstić information content (AvgIpc) is 2.33. The van der Waals surface area contributed by atoms with Crippen LogP contribution in [0.4, 0.5) is 0 Å². The van der Waals surface area contributed by atoms with Gasteiger partial charge in [-0.3, -0.25) is 9.69 Å². The molecule has 1 amide bonds. The van der Waals surface area contributed by atoms with Crippen molar-refractivity contribution in [3.8, 4) is 6.07 Å². The topological polar surface area (TPSA) is 56.1 Å². The van der Waals surface area contributed by atoms with E-state index in [2.05, 4.69) is 39.1 Å². The van der Waals surface area contributed by atoms with Crippen molar-refractivity contribution >= 4 is 21.8 Å². The highest BCUT2D eigenvalue weighted by molar-refractivity contribution is 9.11. The van der Waals surface area contributed by atoms with Crippen LogP contribution < -0.4 is 5.32 Å². The fourth-order valence-electron chi connectivity index (χ4n) is 1.84. The fraction of sp³-hybridized carbons (Fsp3) is 0.714. The van der Waals surface area contributed by atoms with Crippen LogP contribution in [-0.2, 0) is 4.79 Å². The van der Waals surface area contributed by atoms with Crippen LogP contribution in [0.15, 0.2) is 10.1 Å². The number of nitrogens with one attached hydrogen (secondary N) is 1. The number of carbonyl (C=O) groups excluding carboxylic acids is 1. The Hall–Kier alpha value is -0.860. The molecule has 0 radical (unpaired) electrons. The van der Waals surface area contributed by atoms with Gasteiger partial charge in [0.05, 0.1) is 12.6 Å². The Bertz CT molecular complexity index is 425. The molecule has 0 bridgehead atoms. The maximum absolute atomic E-state index is 12.0. The minimum Gasteiger partial charge on any atom is -0.337 e. The molecule has 1 aliphatic heterocycles. The lowest BCUT2D eigenvalue weighted by molar-refractivity contribution is -0.123. The van der Waals surface area contributed by atoms with Gasteiger partial charge in [-0.25, -0.2) is 0 Å². The molecule has 5 heteroatoms. The molecule has 0 aromatic rings. The molecular formula is C14H22BrN3O. The zero-order chi connectivity index (χ0) is 14.6. The minimum atomic E-state index is -0.796. The summed E-state index contributed by atoms with van der Waals surface area (Å²) in [6.07, 6.45) is 0.980. The summed E-state index contributed by atoms with van der Waals surface area (Å²) in [6, 6.07) is 2.19. The maximum Gasteiger partial charge on any atom is 0.235 e. The highest BCUT2D eigenvalue weighted by Gasteiger charge is 2.30. The number of nitrogens with zero attached hydrogens (tertiary/aromatic N) is 2. The van der Waals surface area contributed by atoms with Crippen molar-refractivity contribution in [1.82, 2.24) is 10.2 Å². The predicted octanol–water partition coefficient (Wildman–Crippen LogP) is 2.42. The molecule has 0 aliphatic carbocycles. The number of hydrogen-bond donors (Lipinski definition) is 1. The summed E-state index contributed by atoms with van der Waals surface area (Å²) in [5.41, 5.74) is 0.552. The normalized spacial score (nSPS) is 20.1. The molecule has 0 aromatic carbocycles. The van der Waals surface area contributed by atoms with E-state index in [1.807, 2.05) is 13.8 Å². The van der Waals surface area contributed by atoms with Crippen LogP contribution in [0, 0.1) is 17.2 Å². The lowest BCUT2D eigenvalue weighted by Crippen LogP contribution is -2.52. The van der Waals surface area contributed by atoms with Gasteiger partial charge in [0, 0.05) is 17.6 Å². The third kappa shape index (κ3) is 4.32. The number of amides is 1. The van der Waals surface area contributed by atoms with Crippen LogP contribution >= 0.6 is 15.9 Å². The van der Waals surface area contributed by atoms with Crippen molar-refractivity contribution in [3.05, 3.63) is 10.1 Å². The molecule has 0 saturated heterocycles. The molecule has 1 atom stereocenters. The van der Waals surface area contributed by atoms with E-state index in [0.717, 1.165) is 19.5 Å². The Morgan fingerprint density at radius 3 is 2.74 bits per heavy atom.